The standard InChI is InChI=1S/C18H17N3O4S2/c1-13-6-8-14(9-7-13)18-20-15(12-26-18)10-11-19-27(24,25)17-5-3-2-4-16(17)21(22)23/h2-9,12,19H,10-11H2,1H3. The van der Waals surface area contributed by atoms with Crippen molar-refractivity contribution in [1.29, 1.82) is 0 Å². The Balaban J connectivity index is 1.66. The summed E-state index contributed by atoms with van der Waals surface area (Å²) < 4.78 is 27.2. The van der Waals surface area contributed by atoms with E-state index in [4.69, 9.17) is 0 Å². The molecule has 27 heavy (non-hydrogen) atoms. The number of thiazole rings is 1. The number of nitro benzene ring substituents is 1. The quantitative estimate of drug-likeness (QED) is 0.480. The first-order valence-corrected chi connectivity index (χ1v) is 10.5. The summed E-state index contributed by atoms with van der Waals surface area (Å²) in [4.78, 5) is 14.5. The molecule has 3 aromatic rings. The second-order valence-electron chi connectivity index (χ2n) is 5.88. The molecule has 0 aliphatic heterocycles. The molecule has 7 nitrogen and oxygen atoms in total. The second kappa shape index (κ2) is 7.95. The Morgan fingerprint density at radius 1 is 1.15 bits per heavy atom. The van der Waals surface area contributed by atoms with Crippen molar-refractivity contribution >= 4 is 27.0 Å². The summed E-state index contributed by atoms with van der Waals surface area (Å²) in [5, 5.41) is 13.8. The average molecular weight is 403 g/mol. The van der Waals surface area contributed by atoms with Crippen LogP contribution in [0.5, 0.6) is 0 Å². The van der Waals surface area contributed by atoms with E-state index >= 15 is 0 Å². The van der Waals surface area contributed by atoms with Crippen molar-refractivity contribution in [2.24, 2.45) is 0 Å². The van der Waals surface area contributed by atoms with E-state index in [2.05, 4.69) is 9.71 Å². The lowest BCUT2D eigenvalue weighted by Gasteiger charge is -2.06. The van der Waals surface area contributed by atoms with E-state index in [0.29, 0.717) is 6.42 Å². The van der Waals surface area contributed by atoms with Crippen LogP contribution in [0, 0.1) is 17.0 Å². The van der Waals surface area contributed by atoms with Crippen LogP contribution >= 0.6 is 11.3 Å². The van der Waals surface area contributed by atoms with Crippen LogP contribution in [0.4, 0.5) is 5.69 Å². The fourth-order valence-corrected chi connectivity index (χ4v) is 4.54. The van der Waals surface area contributed by atoms with Gasteiger partial charge in [-0.2, -0.15) is 0 Å². The molecule has 0 aliphatic carbocycles. The predicted octanol–water partition coefficient (Wildman–Crippen LogP) is 3.55. The van der Waals surface area contributed by atoms with E-state index in [1.165, 1.54) is 41.2 Å². The molecule has 0 aliphatic rings. The van der Waals surface area contributed by atoms with E-state index in [1.807, 2.05) is 36.6 Å². The molecule has 0 bridgehead atoms. The van der Waals surface area contributed by atoms with Gasteiger partial charge in [0.05, 0.1) is 10.6 Å². The number of nitrogens with zero attached hydrogens (tertiary/aromatic N) is 2. The van der Waals surface area contributed by atoms with Crippen molar-refractivity contribution in [3.63, 3.8) is 0 Å². The van der Waals surface area contributed by atoms with Crippen LogP contribution in [-0.2, 0) is 16.4 Å². The van der Waals surface area contributed by atoms with Crippen molar-refractivity contribution in [3.8, 4) is 10.6 Å². The summed E-state index contributed by atoms with van der Waals surface area (Å²) in [7, 11) is -3.97. The first kappa shape index (κ1) is 19.2. The lowest BCUT2D eigenvalue weighted by Crippen LogP contribution is -2.26. The fourth-order valence-electron chi connectivity index (χ4n) is 2.48. The number of rotatable bonds is 7. The molecule has 2 aromatic carbocycles. The molecule has 1 aromatic heterocycles. The molecule has 0 saturated heterocycles. The number of hydrogen-bond donors (Lipinski definition) is 1. The van der Waals surface area contributed by atoms with Crippen LogP contribution in [0.25, 0.3) is 10.6 Å². The number of benzene rings is 2. The Labute approximate surface area is 160 Å². The SMILES string of the molecule is Cc1ccc(-c2nc(CCNS(=O)(=O)c3ccccc3[N+](=O)[O-])cs2)cc1. The molecule has 0 radical (unpaired) electrons. The van der Waals surface area contributed by atoms with Crippen molar-refractivity contribution in [2.45, 2.75) is 18.2 Å². The summed E-state index contributed by atoms with van der Waals surface area (Å²) >= 11 is 1.49. The third kappa shape index (κ3) is 4.57. The highest BCUT2D eigenvalue weighted by Gasteiger charge is 2.24. The van der Waals surface area contributed by atoms with Crippen molar-refractivity contribution < 1.29 is 13.3 Å². The molecule has 0 spiro atoms. The number of hydrogen-bond acceptors (Lipinski definition) is 6. The molecule has 1 N–H and O–H groups in total. The number of para-hydroxylation sites is 1. The molecule has 0 atom stereocenters. The Kier molecular flexibility index (Phi) is 5.64. The minimum Gasteiger partial charge on any atom is -0.258 e. The van der Waals surface area contributed by atoms with Gasteiger partial charge in [0, 0.05) is 30.0 Å². The van der Waals surface area contributed by atoms with Gasteiger partial charge in [0.1, 0.15) is 5.01 Å². The first-order chi connectivity index (χ1) is 12.9. The lowest BCUT2D eigenvalue weighted by atomic mass is 10.2. The molecule has 140 valence electrons. The molecule has 0 unspecified atom stereocenters. The van der Waals surface area contributed by atoms with Crippen LogP contribution < -0.4 is 4.72 Å². The molecular weight excluding hydrogens is 386 g/mol. The maximum absolute atomic E-state index is 12.4. The van der Waals surface area contributed by atoms with Crippen molar-refractivity contribution in [2.75, 3.05) is 6.54 Å². The van der Waals surface area contributed by atoms with E-state index in [-0.39, 0.29) is 11.4 Å². The Morgan fingerprint density at radius 2 is 1.85 bits per heavy atom. The number of sulfonamides is 1. The van der Waals surface area contributed by atoms with Gasteiger partial charge >= 0.3 is 0 Å². The van der Waals surface area contributed by atoms with Gasteiger partial charge in [0.15, 0.2) is 4.90 Å². The zero-order chi connectivity index (χ0) is 19.4. The monoisotopic (exact) mass is 403 g/mol. The fraction of sp³-hybridized carbons (Fsp3) is 0.167. The average Bonchev–Trinajstić information content (AvgIpc) is 3.11. The third-order valence-corrected chi connectivity index (χ3v) is 6.32. The van der Waals surface area contributed by atoms with Gasteiger partial charge in [0.2, 0.25) is 10.0 Å². The lowest BCUT2D eigenvalue weighted by molar-refractivity contribution is -0.387. The molecule has 3 rings (SSSR count). The summed E-state index contributed by atoms with van der Waals surface area (Å²) in [6.07, 6.45) is 0.391. The van der Waals surface area contributed by atoms with Gasteiger partial charge in [-0.05, 0) is 13.0 Å². The minimum atomic E-state index is -3.97. The molecule has 0 amide bonds. The molecule has 0 saturated carbocycles. The Hall–Kier alpha value is -2.62. The zero-order valence-electron chi connectivity index (χ0n) is 14.5. The number of aromatic nitrogens is 1. The minimum absolute atomic E-state index is 0.103. The molecule has 0 fully saturated rings. The number of nitro groups is 1. The van der Waals surface area contributed by atoms with Crippen molar-refractivity contribution in [1.82, 2.24) is 9.71 Å². The summed E-state index contributed by atoms with van der Waals surface area (Å²) in [6.45, 7) is 2.12. The summed E-state index contributed by atoms with van der Waals surface area (Å²) in [5.74, 6) is 0. The van der Waals surface area contributed by atoms with E-state index in [9.17, 15) is 18.5 Å². The van der Waals surface area contributed by atoms with Gasteiger partial charge in [-0.3, -0.25) is 10.1 Å². The van der Waals surface area contributed by atoms with Crippen LogP contribution in [0.1, 0.15) is 11.3 Å². The topological polar surface area (TPSA) is 102 Å². The molecule has 9 heteroatoms. The second-order valence-corrected chi connectivity index (χ2v) is 8.48. The summed E-state index contributed by atoms with van der Waals surface area (Å²) in [6, 6.07) is 13.3. The highest BCUT2D eigenvalue weighted by atomic mass is 32.2. The Morgan fingerprint density at radius 3 is 2.56 bits per heavy atom. The molecular formula is C18H17N3O4S2. The third-order valence-electron chi connectivity index (χ3n) is 3.87. The highest BCUT2D eigenvalue weighted by Crippen LogP contribution is 2.25. The predicted molar refractivity (Wildman–Crippen MR) is 104 cm³/mol. The van der Waals surface area contributed by atoms with Crippen LogP contribution in [0.2, 0.25) is 0 Å². The van der Waals surface area contributed by atoms with Crippen molar-refractivity contribution in [3.05, 3.63) is 75.3 Å². The van der Waals surface area contributed by atoms with Gasteiger partial charge in [0.25, 0.3) is 5.69 Å². The number of nitrogens with one attached hydrogen (secondary N) is 1. The number of aryl methyl sites for hydroxylation is 1. The van der Waals surface area contributed by atoms with Gasteiger partial charge in [-0.25, -0.2) is 18.1 Å². The van der Waals surface area contributed by atoms with Gasteiger partial charge < -0.3 is 0 Å². The first-order valence-electron chi connectivity index (χ1n) is 8.11. The van der Waals surface area contributed by atoms with E-state index in [1.54, 1.807) is 0 Å². The highest BCUT2D eigenvalue weighted by molar-refractivity contribution is 7.89. The maximum Gasteiger partial charge on any atom is 0.289 e. The Bertz CT molecular complexity index is 1060. The van der Waals surface area contributed by atoms with E-state index in [0.717, 1.165) is 16.3 Å². The van der Waals surface area contributed by atoms with Gasteiger partial charge in [-0.1, -0.05) is 42.0 Å². The van der Waals surface area contributed by atoms with E-state index < -0.39 is 20.6 Å². The largest absolute Gasteiger partial charge is 0.289 e. The van der Waals surface area contributed by atoms with Gasteiger partial charge in [-0.15, -0.1) is 11.3 Å². The van der Waals surface area contributed by atoms with Crippen LogP contribution in [0.15, 0.2) is 58.8 Å². The smallest absolute Gasteiger partial charge is 0.258 e. The van der Waals surface area contributed by atoms with Crippen LogP contribution in [-0.4, -0.2) is 24.9 Å². The van der Waals surface area contributed by atoms with Crippen LogP contribution in [0.3, 0.4) is 0 Å². The zero-order valence-corrected chi connectivity index (χ0v) is 16.1. The maximum atomic E-state index is 12.4. The normalized spacial score (nSPS) is 11.4. The summed E-state index contributed by atoms with van der Waals surface area (Å²) in [5.41, 5.74) is 2.50. The molecule has 1 heterocycles.